The van der Waals surface area contributed by atoms with Crippen LogP contribution >= 0.6 is 0 Å². The first-order chi connectivity index (χ1) is 8.31. The molecule has 0 atom stereocenters. The van der Waals surface area contributed by atoms with E-state index in [1.165, 1.54) is 57.2 Å². The van der Waals surface area contributed by atoms with E-state index in [9.17, 15) is 0 Å². The third-order valence-corrected chi connectivity index (χ3v) is 4.73. The molecule has 0 unspecified atom stereocenters. The van der Waals surface area contributed by atoms with E-state index in [2.05, 4.69) is 36.1 Å². The number of nitrogens with zero attached hydrogens (tertiary/aromatic N) is 1. The second-order valence-electron chi connectivity index (χ2n) is 5.80. The molecule has 1 heteroatoms. The van der Waals surface area contributed by atoms with E-state index < -0.39 is 0 Å². The maximum Gasteiger partial charge on any atom is 0.0460 e. The minimum Gasteiger partial charge on any atom is -0.294 e. The lowest BCUT2D eigenvalue weighted by molar-refractivity contribution is 0.121. The summed E-state index contributed by atoms with van der Waals surface area (Å²) in [5.74, 6) is 0. The van der Waals surface area contributed by atoms with Crippen LogP contribution in [0.3, 0.4) is 0 Å². The highest BCUT2D eigenvalue weighted by molar-refractivity contribution is 5.29. The highest BCUT2D eigenvalue weighted by atomic mass is 15.2. The van der Waals surface area contributed by atoms with Gasteiger partial charge >= 0.3 is 0 Å². The van der Waals surface area contributed by atoms with Crippen molar-refractivity contribution in [1.29, 1.82) is 0 Å². The molecule has 17 heavy (non-hydrogen) atoms. The quantitative estimate of drug-likeness (QED) is 0.744. The molecule has 0 spiro atoms. The van der Waals surface area contributed by atoms with Crippen molar-refractivity contribution in [3.63, 3.8) is 0 Å². The highest BCUT2D eigenvalue weighted by Crippen LogP contribution is 2.45. The van der Waals surface area contributed by atoms with Crippen LogP contribution in [0, 0.1) is 6.92 Å². The van der Waals surface area contributed by atoms with Gasteiger partial charge < -0.3 is 0 Å². The summed E-state index contributed by atoms with van der Waals surface area (Å²) in [6.07, 6.45) is 8.35. The topological polar surface area (TPSA) is 3.24 Å². The summed E-state index contributed by atoms with van der Waals surface area (Å²) in [6, 6.07) is 9.31. The van der Waals surface area contributed by atoms with Crippen LogP contribution in [-0.2, 0) is 5.54 Å². The SMILES string of the molecule is Cc1ccc(C2(N3CCCC3)CCCC2)cc1. The number of likely N-dealkylation sites (tertiary alicyclic amines) is 1. The average Bonchev–Trinajstić information content (AvgIpc) is 3.01. The van der Waals surface area contributed by atoms with Crippen molar-refractivity contribution in [2.24, 2.45) is 0 Å². The van der Waals surface area contributed by atoms with Gasteiger partial charge in [-0.15, -0.1) is 0 Å². The monoisotopic (exact) mass is 229 g/mol. The highest BCUT2D eigenvalue weighted by Gasteiger charge is 2.41. The summed E-state index contributed by atoms with van der Waals surface area (Å²) in [4.78, 5) is 2.77. The number of benzene rings is 1. The number of hydrogen-bond donors (Lipinski definition) is 0. The van der Waals surface area contributed by atoms with Crippen molar-refractivity contribution >= 4 is 0 Å². The molecule has 92 valence electrons. The molecule has 0 aromatic heterocycles. The van der Waals surface area contributed by atoms with Crippen molar-refractivity contribution in [2.45, 2.75) is 51.0 Å². The summed E-state index contributed by atoms with van der Waals surface area (Å²) in [6.45, 7) is 4.81. The minimum atomic E-state index is 0.393. The predicted molar refractivity (Wildman–Crippen MR) is 72.1 cm³/mol. The molecule has 0 radical (unpaired) electrons. The van der Waals surface area contributed by atoms with Crippen molar-refractivity contribution in [3.8, 4) is 0 Å². The Hall–Kier alpha value is -0.820. The van der Waals surface area contributed by atoms with Crippen LogP contribution in [0.25, 0.3) is 0 Å². The third-order valence-electron chi connectivity index (χ3n) is 4.73. The Labute approximate surface area is 105 Å². The van der Waals surface area contributed by atoms with E-state index in [0.29, 0.717) is 5.54 Å². The van der Waals surface area contributed by atoms with Gasteiger partial charge in [-0.2, -0.15) is 0 Å². The molecule has 1 nitrogen and oxygen atoms in total. The van der Waals surface area contributed by atoms with Crippen molar-refractivity contribution in [3.05, 3.63) is 35.4 Å². The van der Waals surface area contributed by atoms with Crippen molar-refractivity contribution in [1.82, 2.24) is 4.90 Å². The van der Waals surface area contributed by atoms with Gasteiger partial charge in [0.05, 0.1) is 0 Å². The lowest BCUT2D eigenvalue weighted by Crippen LogP contribution is -2.42. The first-order valence-electron chi connectivity index (χ1n) is 7.13. The molecule has 1 aliphatic carbocycles. The predicted octanol–water partition coefficient (Wildman–Crippen LogP) is 3.86. The van der Waals surface area contributed by atoms with Gasteiger partial charge in [0.25, 0.3) is 0 Å². The molecule has 1 aromatic rings. The third kappa shape index (κ3) is 1.91. The van der Waals surface area contributed by atoms with E-state index in [-0.39, 0.29) is 0 Å². The Morgan fingerprint density at radius 1 is 0.882 bits per heavy atom. The van der Waals surface area contributed by atoms with E-state index >= 15 is 0 Å². The molecular weight excluding hydrogens is 206 g/mol. The molecule has 1 saturated carbocycles. The maximum atomic E-state index is 2.77. The Morgan fingerprint density at radius 3 is 2.06 bits per heavy atom. The average molecular weight is 229 g/mol. The van der Waals surface area contributed by atoms with Gasteiger partial charge in [0.15, 0.2) is 0 Å². The van der Waals surface area contributed by atoms with E-state index in [0.717, 1.165) is 0 Å². The normalized spacial score (nSPS) is 24.3. The molecule has 0 bridgehead atoms. The van der Waals surface area contributed by atoms with Crippen molar-refractivity contribution < 1.29 is 0 Å². The minimum absolute atomic E-state index is 0.393. The van der Waals surface area contributed by atoms with Crippen LogP contribution in [0.5, 0.6) is 0 Å². The fraction of sp³-hybridized carbons (Fsp3) is 0.625. The molecule has 0 amide bonds. The number of aryl methyl sites for hydroxylation is 1. The number of rotatable bonds is 2. The van der Waals surface area contributed by atoms with Gasteiger partial charge in [-0.25, -0.2) is 0 Å². The molecular formula is C16H23N. The smallest absolute Gasteiger partial charge is 0.0460 e. The molecule has 0 N–H and O–H groups in total. The Balaban J connectivity index is 1.95. The summed E-state index contributed by atoms with van der Waals surface area (Å²) >= 11 is 0. The Morgan fingerprint density at radius 2 is 1.47 bits per heavy atom. The van der Waals surface area contributed by atoms with Crippen LogP contribution in [0.2, 0.25) is 0 Å². The van der Waals surface area contributed by atoms with E-state index in [4.69, 9.17) is 0 Å². The zero-order valence-electron chi connectivity index (χ0n) is 10.9. The summed E-state index contributed by atoms with van der Waals surface area (Å²) in [5.41, 5.74) is 3.34. The maximum absolute atomic E-state index is 2.77. The fourth-order valence-electron chi connectivity index (χ4n) is 3.76. The summed E-state index contributed by atoms with van der Waals surface area (Å²) in [5, 5.41) is 0. The molecule has 1 aliphatic heterocycles. The molecule has 1 heterocycles. The van der Waals surface area contributed by atoms with Crippen molar-refractivity contribution in [2.75, 3.05) is 13.1 Å². The molecule has 3 rings (SSSR count). The second kappa shape index (κ2) is 4.45. The Kier molecular flexibility index (Phi) is 2.96. The molecule has 1 aromatic carbocycles. The van der Waals surface area contributed by atoms with Crippen LogP contribution in [0.15, 0.2) is 24.3 Å². The van der Waals surface area contributed by atoms with Gasteiger partial charge in [-0.3, -0.25) is 4.90 Å². The van der Waals surface area contributed by atoms with Crippen LogP contribution in [0.4, 0.5) is 0 Å². The Bertz CT molecular complexity index is 367. The van der Waals surface area contributed by atoms with Gasteiger partial charge in [0, 0.05) is 5.54 Å². The second-order valence-corrected chi connectivity index (χ2v) is 5.80. The van der Waals surface area contributed by atoms with Crippen LogP contribution < -0.4 is 0 Å². The first kappa shape index (κ1) is 11.3. The van der Waals surface area contributed by atoms with Gasteiger partial charge in [0.1, 0.15) is 0 Å². The van der Waals surface area contributed by atoms with Gasteiger partial charge in [0.2, 0.25) is 0 Å². The van der Waals surface area contributed by atoms with Gasteiger partial charge in [-0.05, 0) is 51.3 Å². The zero-order chi connectivity index (χ0) is 11.7. The van der Waals surface area contributed by atoms with E-state index in [1.807, 2.05) is 0 Å². The molecule has 2 aliphatic rings. The molecule has 1 saturated heterocycles. The van der Waals surface area contributed by atoms with Gasteiger partial charge in [-0.1, -0.05) is 42.7 Å². The molecule has 2 fully saturated rings. The number of hydrogen-bond acceptors (Lipinski definition) is 1. The summed E-state index contributed by atoms with van der Waals surface area (Å²) in [7, 11) is 0. The lowest BCUT2D eigenvalue weighted by Gasteiger charge is -2.39. The zero-order valence-corrected chi connectivity index (χ0v) is 10.9. The lowest BCUT2D eigenvalue weighted by atomic mass is 9.86. The fourth-order valence-corrected chi connectivity index (χ4v) is 3.76. The largest absolute Gasteiger partial charge is 0.294 e. The van der Waals surface area contributed by atoms with E-state index in [1.54, 1.807) is 5.56 Å². The van der Waals surface area contributed by atoms with Crippen LogP contribution in [0.1, 0.15) is 49.7 Å². The van der Waals surface area contributed by atoms with Crippen LogP contribution in [-0.4, -0.2) is 18.0 Å². The standard InChI is InChI=1S/C16H23N/c1-14-6-8-15(9-7-14)16(10-2-3-11-16)17-12-4-5-13-17/h6-9H,2-5,10-13H2,1H3. The summed E-state index contributed by atoms with van der Waals surface area (Å²) < 4.78 is 0. The first-order valence-corrected chi connectivity index (χ1v) is 7.13.